The topological polar surface area (TPSA) is 58.9 Å². The van der Waals surface area contributed by atoms with Gasteiger partial charge in [0.25, 0.3) is 0 Å². The molecule has 1 aliphatic rings. The van der Waals surface area contributed by atoms with Crippen molar-refractivity contribution in [2.45, 2.75) is 51.6 Å². The van der Waals surface area contributed by atoms with Gasteiger partial charge >= 0.3 is 5.97 Å². The minimum absolute atomic E-state index is 0.0719. The van der Waals surface area contributed by atoms with Gasteiger partial charge in [0.2, 0.25) is 0 Å². The van der Waals surface area contributed by atoms with Crippen LogP contribution in [0.5, 0.6) is 0 Å². The van der Waals surface area contributed by atoms with Gasteiger partial charge in [-0.05, 0) is 39.0 Å². The normalized spacial score (nSPS) is 28.5. The average Bonchev–Trinajstić information content (AvgIpc) is 2.16. The Bertz CT molecular complexity index is 225. The first-order valence-electron chi connectivity index (χ1n) is 5.11. The predicted octanol–water partition coefficient (Wildman–Crippen LogP) is 2.10. The number of hydrogen-bond acceptors (Lipinski definition) is 4. The van der Waals surface area contributed by atoms with Gasteiger partial charge in [-0.25, -0.2) is 0 Å². The number of cyclic esters (lactones) is 1. The number of rotatable bonds is 0. The molecule has 1 fully saturated rings. The van der Waals surface area contributed by atoms with Gasteiger partial charge in [-0.15, -0.1) is 0 Å². The molecule has 0 saturated carbocycles. The second-order valence-electron chi connectivity index (χ2n) is 3.71. The molecule has 0 aliphatic carbocycles. The van der Waals surface area contributed by atoms with Gasteiger partial charge in [0.05, 0.1) is 11.8 Å². The van der Waals surface area contributed by atoms with Gasteiger partial charge in [-0.2, -0.15) is 0 Å². The van der Waals surface area contributed by atoms with Crippen molar-refractivity contribution < 1.29 is 14.7 Å². The SMILES string of the molecule is C[C@H]1CC/C(=N/O)CCCCC(=O)O1. The van der Waals surface area contributed by atoms with Crippen molar-refractivity contribution >= 4 is 11.7 Å². The molecule has 0 bridgehead atoms. The lowest BCUT2D eigenvalue weighted by Gasteiger charge is -2.15. The van der Waals surface area contributed by atoms with Gasteiger partial charge in [-0.1, -0.05) is 5.16 Å². The fourth-order valence-electron chi connectivity index (χ4n) is 1.54. The molecule has 0 aromatic heterocycles. The number of hydrogen-bond donors (Lipinski definition) is 1. The third-order valence-electron chi connectivity index (χ3n) is 2.41. The number of carbonyl (C=O) groups excluding carboxylic acids is 1. The Kier molecular flexibility index (Phi) is 4.43. The van der Waals surface area contributed by atoms with Crippen LogP contribution in [0.25, 0.3) is 0 Å². The summed E-state index contributed by atoms with van der Waals surface area (Å²) < 4.78 is 5.14. The van der Waals surface area contributed by atoms with E-state index in [1.54, 1.807) is 0 Å². The van der Waals surface area contributed by atoms with Crippen molar-refractivity contribution in [2.24, 2.45) is 5.16 Å². The van der Waals surface area contributed by atoms with Crippen molar-refractivity contribution in [3.8, 4) is 0 Å². The molecule has 0 amide bonds. The van der Waals surface area contributed by atoms with Crippen LogP contribution in [-0.2, 0) is 9.53 Å². The van der Waals surface area contributed by atoms with Gasteiger partial charge in [0.15, 0.2) is 0 Å². The molecule has 4 heteroatoms. The molecule has 1 heterocycles. The van der Waals surface area contributed by atoms with E-state index in [0.29, 0.717) is 12.8 Å². The molecule has 0 radical (unpaired) electrons. The second kappa shape index (κ2) is 5.62. The molecule has 1 aliphatic heterocycles. The Morgan fingerprint density at radius 1 is 1.36 bits per heavy atom. The first-order chi connectivity index (χ1) is 6.72. The molecule has 0 spiro atoms. The highest BCUT2D eigenvalue weighted by Crippen LogP contribution is 2.13. The summed E-state index contributed by atoms with van der Waals surface area (Å²) in [6.45, 7) is 1.87. The molecule has 1 rings (SSSR count). The molecule has 0 unspecified atom stereocenters. The largest absolute Gasteiger partial charge is 0.463 e. The van der Waals surface area contributed by atoms with Crippen LogP contribution < -0.4 is 0 Å². The third-order valence-corrected chi connectivity index (χ3v) is 2.41. The van der Waals surface area contributed by atoms with E-state index < -0.39 is 0 Å². The summed E-state index contributed by atoms with van der Waals surface area (Å²) in [5.41, 5.74) is 0.815. The summed E-state index contributed by atoms with van der Waals surface area (Å²) >= 11 is 0. The Morgan fingerprint density at radius 2 is 2.07 bits per heavy atom. The third kappa shape index (κ3) is 3.77. The van der Waals surface area contributed by atoms with E-state index in [2.05, 4.69) is 5.16 Å². The van der Waals surface area contributed by atoms with Crippen molar-refractivity contribution in [1.29, 1.82) is 0 Å². The molecule has 14 heavy (non-hydrogen) atoms. The number of carbonyl (C=O) groups is 1. The van der Waals surface area contributed by atoms with E-state index in [0.717, 1.165) is 31.4 Å². The highest BCUT2D eigenvalue weighted by molar-refractivity contribution is 5.84. The van der Waals surface area contributed by atoms with Crippen molar-refractivity contribution in [3.05, 3.63) is 0 Å². The quantitative estimate of drug-likeness (QED) is 0.369. The number of nitrogens with zero attached hydrogens (tertiary/aromatic N) is 1. The summed E-state index contributed by atoms with van der Waals surface area (Å²) in [4.78, 5) is 11.2. The van der Waals surface area contributed by atoms with E-state index in [9.17, 15) is 4.79 Å². The zero-order chi connectivity index (χ0) is 10.4. The standard InChI is InChI=1S/C10H17NO3/c1-8-6-7-9(11-13)4-2-3-5-10(12)14-8/h8,13H,2-7H2,1H3/b11-9+/t8-/m0/s1. The van der Waals surface area contributed by atoms with E-state index in [1.807, 2.05) is 6.92 Å². The Balaban J connectivity index is 2.48. The molecule has 4 nitrogen and oxygen atoms in total. The highest BCUT2D eigenvalue weighted by atomic mass is 16.5. The van der Waals surface area contributed by atoms with Gasteiger partial charge in [0.1, 0.15) is 0 Å². The zero-order valence-electron chi connectivity index (χ0n) is 8.53. The minimum Gasteiger partial charge on any atom is -0.463 e. The summed E-state index contributed by atoms with van der Waals surface area (Å²) in [6.07, 6.45) is 4.35. The first kappa shape index (κ1) is 11.0. The molecule has 1 N–H and O–H groups in total. The first-order valence-corrected chi connectivity index (χ1v) is 5.11. The van der Waals surface area contributed by atoms with Crippen LogP contribution in [0.1, 0.15) is 45.4 Å². The van der Waals surface area contributed by atoms with Crippen LogP contribution in [0.2, 0.25) is 0 Å². The number of oxime groups is 1. The van der Waals surface area contributed by atoms with Gasteiger partial charge in [0, 0.05) is 6.42 Å². The maximum absolute atomic E-state index is 11.2. The van der Waals surface area contributed by atoms with Crippen LogP contribution >= 0.6 is 0 Å². The maximum atomic E-state index is 11.2. The van der Waals surface area contributed by atoms with E-state index in [4.69, 9.17) is 9.94 Å². The number of esters is 1. The summed E-state index contributed by atoms with van der Waals surface area (Å²) in [6, 6.07) is 0. The fourth-order valence-corrected chi connectivity index (χ4v) is 1.54. The van der Waals surface area contributed by atoms with Crippen LogP contribution in [-0.4, -0.2) is 23.0 Å². The molecule has 0 aromatic rings. The van der Waals surface area contributed by atoms with E-state index >= 15 is 0 Å². The van der Waals surface area contributed by atoms with E-state index in [-0.39, 0.29) is 12.1 Å². The van der Waals surface area contributed by atoms with Crippen LogP contribution in [0, 0.1) is 0 Å². The van der Waals surface area contributed by atoms with Crippen molar-refractivity contribution in [2.75, 3.05) is 0 Å². The molecule has 1 saturated heterocycles. The van der Waals surface area contributed by atoms with Crippen LogP contribution in [0.3, 0.4) is 0 Å². The van der Waals surface area contributed by atoms with Crippen LogP contribution in [0.15, 0.2) is 5.16 Å². The smallest absolute Gasteiger partial charge is 0.306 e. The molecule has 0 aromatic carbocycles. The van der Waals surface area contributed by atoms with Crippen molar-refractivity contribution in [1.82, 2.24) is 0 Å². The summed E-state index contributed by atoms with van der Waals surface area (Å²) in [7, 11) is 0. The maximum Gasteiger partial charge on any atom is 0.306 e. The molecular weight excluding hydrogens is 182 g/mol. The molecular formula is C10H17NO3. The Labute approximate surface area is 83.9 Å². The Hall–Kier alpha value is -1.06. The lowest BCUT2D eigenvalue weighted by atomic mass is 10.0. The molecule has 80 valence electrons. The lowest BCUT2D eigenvalue weighted by Crippen LogP contribution is -2.17. The second-order valence-corrected chi connectivity index (χ2v) is 3.71. The Morgan fingerprint density at radius 3 is 2.79 bits per heavy atom. The minimum atomic E-state index is -0.109. The van der Waals surface area contributed by atoms with Crippen molar-refractivity contribution in [3.63, 3.8) is 0 Å². The van der Waals surface area contributed by atoms with E-state index in [1.165, 1.54) is 0 Å². The lowest BCUT2D eigenvalue weighted by molar-refractivity contribution is -0.148. The predicted molar refractivity (Wildman–Crippen MR) is 52.5 cm³/mol. The molecule has 1 atom stereocenters. The number of ether oxygens (including phenoxy) is 1. The monoisotopic (exact) mass is 199 g/mol. The average molecular weight is 199 g/mol. The van der Waals surface area contributed by atoms with Gasteiger partial charge < -0.3 is 9.94 Å². The highest BCUT2D eigenvalue weighted by Gasteiger charge is 2.13. The zero-order valence-corrected chi connectivity index (χ0v) is 8.53. The summed E-state index contributed by atoms with van der Waals surface area (Å²) in [5, 5.41) is 11.9. The van der Waals surface area contributed by atoms with Gasteiger partial charge in [-0.3, -0.25) is 4.79 Å². The van der Waals surface area contributed by atoms with Crippen LogP contribution in [0.4, 0.5) is 0 Å². The summed E-state index contributed by atoms with van der Waals surface area (Å²) in [5.74, 6) is -0.109. The fraction of sp³-hybridized carbons (Fsp3) is 0.800.